The molecular weight excluding hydrogens is 190 g/mol. The Balaban J connectivity index is 2.39. The predicted octanol–water partition coefficient (Wildman–Crippen LogP) is 1.63. The molecule has 15 heavy (non-hydrogen) atoms. The maximum Gasteiger partial charge on any atom is 0.126 e. The van der Waals surface area contributed by atoms with Gasteiger partial charge in [-0.15, -0.1) is 0 Å². The Morgan fingerprint density at radius 2 is 2.33 bits per heavy atom. The Morgan fingerprint density at radius 3 is 2.80 bits per heavy atom. The lowest BCUT2D eigenvalue weighted by atomic mass is 10.1. The Kier molecular flexibility index (Phi) is 2.60. The van der Waals surface area contributed by atoms with Crippen LogP contribution >= 0.6 is 0 Å². The number of furan rings is 1. The molecule has 80 valence electrons. The second kappa shape index (κ2) is 3.90. The van der Waals surface area contributed by atoms with Gasteiger partial charge in [-0.3, -0.25) is 4.68 Å². The lowest BCUT2D eigenvalue weighted by molar-refractivity contribution is 0.449. The lowest BCUT2D eigenvalue weighted by Gasteiger charge is -2.13. The molecule has 1 N–H and O–H groups in total. The van der Waals surface area contributed by atoms with Crippen LogP contribution in [0.1, 0.15) is 23.2 Å². The van der Waals surface area contributed by atoms with Gasteiger partial charge < -0.3 is 9.73 Å². The molecule has 0 spiro atoms. The van der Waals surface area contributed by atoms with Crippen molar-refractivity contribution in [1.82, 2.24) is 15.1 Å². The van der Waals surface area contributed by atoms with E-state index in [-0.39, 0.29) is 6.04 Å². The van der Waals surface area contributed by atoms with E-state index in [2.05, 4.69) is 16.5 Å². The summed E-state index contributed by atoms with van der Waals surface area (Å²) in [5.41, 5.74) is 2.12. The topological polar surface area (TPSA) is 43.0 Å². The van der Waals surface area contributed by atoms with Gasteiger partial charge in [0.2, 0.25) is 0 Å². The average Bonchev–Trinajstić information content (AvgIpc) is 2.79. The van der Waals surface area contributed by atoms with Gasteiger partial charge in [0.25, 0.3) is 0 Å². The van der Waals surface area contributed by atoms with Crippen LogP contribution in [0.4, 0.5) is 0 Å². The fourth-order valence-electron chi connectivity index (χ4n) is 1.79. The molecular formula is C11H15N3O. The summed E-state index contributed by atoms with van der Waals surface area (Å²) in [6.45, 7) is 1.98. The van der Waals surface area contributed by atoms with E-state index in [1.165, 1.54) is 0 Å². The van der Waals surface area contributed by atoms with Gasteiger partial charge in [-0.2, -0.15) is 5.10 Å². The van der Waals surface area contributed by atoms with Crippen LogP contribution in [0.25, 0.3) is 0 Å². The second-order valence-electron chi connectivity index (χ2n) is 3.57. The summed E-state index contributed by atoms with van der Waals surface area (Å²) in [4.78, 5) is 0. The van der Waals surface area contributed by atoms with Crippen molar-refractivity contribution in [2.75, 3.05) is 7.05 Å². The summed E-state index contributed by atoms with van der Waals surface area (Å²) >= 11 is 0. The Morgan fingerprint density at radius 1 is 1.53 bits per heavy atom. The third-order valence-electron chi connectivity index (χ3n) is 2.45. The minimum absolute atomic E-state index is 0.0613. The SMILES string of the molecule is CNC(c1ccco1)c1cc(C)nn1C. The summed E-state index contributed by atoms with van der Waals surface area (Å²) in [7, 11) is 3.85. The number of nitrogens with zero attached hydrogens (tertiary/aromatic N) is 2. The molecule has 0 saturated carbocycles. The van der Waals surface area contributed by atoms with Gasteiger partial charge in [0.1, 0.15) is 11.8 Å². The Labute approximate surface area is 88.9 Å². The molecule has 2 aromatic heterocycles. The van der Waals surface area contributed by atoms with Gasteiger partial charge in [0, 0.05) is 7.05 Å². The van der Waals surface area contributed by atoms with E-state index in [0.29, 0.717) is 0 Å². The fourth-order valence-corrected chi connectivity index (χ4v) is 1.79. The van der Waals surface area contributed by atoms with E-state index in [1.54, 1.807) is 6.26 Å². The normalized spacial score (nSPS) is 13.0. The smallest absolute Gasteiger partial charge is 0.126 e. The zero-order chi connectivity index (χ0) is 10.8. The Hall–Kier alpha value is -1.55. The van der Waals surface area contributed by atoms with Gasteiger partial charge in [-0.05, 0) is 32.2 Å². The first kappa shape index (κ1) is 9.98. The van der Waals surface area contributed by atoms with Crippen LogP contribution < -0.4 is 5.32 Å². The van der Waals surface area contributed by atoms with Crippen LogP contribution in [0.15, 0.2) is 28.9 Å². The van der Waals surface area contributed by atoms with E-state index in [9.17, 15) is 0 Å². The van der Waals surface area contributed by atoms with Crippen molar-refractivity contribution in [2.45, 2.75) is 13.0 Å². The van der Waals surface area contributed by atoms with Crippen molar-refractivity contribution in [2.24, 2.45) is 7.05 Å². The van der Waals surface area contributed by atoms with Crippen molar-refractivity contribution in [3.8, 4) is 0 Å². The van der Waals surface area contributed by atoms with Crippen molar-refractivity contribution in [3.05, 3.63) is 41.6 Å². The third-order valence-corrected chi connectivity index (χ3v) is 2.45. The van der Waals surface area contributed by atoms with Gasteiger partial charge in [-0.1, -0.05) is 0 Å². The molecule has 2 heterocycles. The van der Waals surface area contributed by atoms with Crippen LogP contribution in [0, 0.1) is 6.92 Å². The van der Waals surface area contributed by atoms with Gasteiger partial charge >= 0.3 is 0 Å². The summed E-state index contributed by atoms with van der Waals surface area (Å²) < 4.78 is 7.28. The highest BCUT2D eigenvalue weighted by molar-refractivity contribution is 5.22. The molecule has 0 amide bonds. The zero-order valence-electron chi connectivity index (χ0n) is 9.19. The molecule has 0 radical (unpaired) electrons. The number of aryl methyl sites for hydroxylation is 2. The fraction of sp³-hybridized carbons (Fsp3) is 0.364. The van der Waals surface area contributed by atoms with Crippen molar-refractivity contribution < 1.29 is 4.42 Å². The number of hydrogen-bond acceptors (Lipinski definition) is 3. The van der Waals surface area contributed by atoms with Gasteiger partial charge in [0.15, 0.2) is 0 Å². The molecule has 0 aliphatic heterocycles. The van der Waals surface area contributed by atoms with Crippen LogP contribution in [0.2, 0.25) is 0 Å². The first-order valence-electron chi connectivity index (χ1n) is 4.93. The van der Waals surface area contributed by atoms with E-state index < -0.39 is 0 Å². The first-order valence-corrected chi connectivity index (χ1v) is 4.93. The molecule has 4 nitrogen and oxygen atoms in total. The van der Waals surface area contributed by atoms with Crippen molar-refractivity contribution in [3.63, 3.8) is 0 Å². The van der Waals surface area contributed by atoms with Gasteiger partial charge in [0.05, 0.1) is 17.7 Å². The van der Waals surface area contributed by atoms with Crippen molar-refractivity contribution in [1.29, 1.82) is 0 Å². The minimum atomic E-state index is 0.0613. The van der Waals surface area contributed by atoms with E-state index in [0.717, 1.165) is 17.1 Å². The van der Waals surface area contributed by atoms with Gasteiger partial charge in [-0.25, -0.2) is 0 Å². The highest BCUT2D eigenvalue weighted by Crippen LogP contribution is 2.21. The van der Waals surface area contributed by atoms with Crippen molar-refractivity contribution >= 4 is 0 Å². The van der Waals surface area contributed by atoms with E-state index in [4.69, 9.17) is 4.42 Å². The summed E-state index contributed by atoms with van der Waals surface area (Å²) in [5, 5.41) is 7.55. The molecule has 1 unspecified atom stereocenters. The maximum atomic E-state index is 5.40. The van der Waals surface area contributed by atoms with E-state index in [1.807, 2.05) is 37.8 Å². The predicted molar refractivity (Wildman–Crippen MR) is 57.6 cm³/mol. The highest BCUT2D eigenvalue weighted by Gasteiger charge is 2.18. The maximum absolute atomic E-state index is 5.40. The molecule has 2 rings (SSSR count). The average molecular weight is 205 g/mol. The number of nitrogens with one attached hydrogen (secondary N) is 1. The number of hydrogen-bond donors (Lipinski definition) is 1. The minimum Gasteiger partial charge on any atom is -0.467 e. The number of aromatic nitrogens is 2. The lowest BCUT2D eigenvalue weighted by Crippen LogP contribution is -2.19. The molecule has 0 saturated heterocycles. The molecule has 0 aromatic carbocycles. The molecule has 0 bridgehead atoms. The summed E-state index contributed by atoms with van der Waals surface area (Å²) in [5.74, 6) is 0.903. The van der Waals surface area contributed by atoms with Crippen LogP contribution in [-0.4, -0.2) is 16.8 Å². The summed E-state index contributed by atoms with van der Waals surface area (Å²) in [6.07, 6.45) is 1.68. The molecule has 0 aliphatic rings. The largest absolute Gasteiger partial charge is 0.467 e. The molecule has 0 aliphatic carbocycles. The van der Waals surface area contributed by atoms with Crippen LogP contribution in [-0.2, 0) is 7.05 Å². The van der Waals surface area contributed by atoms with Crippen LogP contribution in [0.5, 0.6) is 0 Å². The quantitative estimate of drug-likeness (QED) is 0.828. The van der Waals surface area contributed by atoms with E-state index >= 15 is 0 Å². The molecule has 2 aromatic rings. The summed E-state index contributed by atoms with van der Waals surface area (Å²) in [6, 6.07) is 5.97. The molecule has 0 fully saturated rings. The van der Waals surface area contributed by atoms with Crippen LogP contribution in [0.3, 0.4) is 0 Å². The highest BCUT2D eigenvalue weighted by atomic mass is 16.3. The zero-order valence-corrected chi connectivity index (χ0v) is 9.19. The standard InChI is InChI=1S/C11H15N3O/c1-8-7-9(14(3)13-8)11(12-2)10-5-4-6-15-10/h4-7,11-12H,1-3H3. The third kappa shape index (κ3) is 1.80. The monoisotopic (exact) mass is 205 g/mol. The molecule has 1 atom stereocenters. The molecule has 4 heteroatoms. The first-order chi connectivity index (χ1) is 7.22. The number of rotatable bonds is 3. The Bertz CT molecular complexity index is 431. The second-order valence-corrected chi connectivity index (χ2v) is 3.57.